The number of rotatable bonds is 4. The summed E-state index contributed by atoms with van der Waals surface area (Å²) in [6, 6.07) is 3.92. The normalized spacial score (nSPS) is 19.3. The van der Waals surface area contributed by atoms with E-state index < -0.39 is 0 Å². The van der Waals surface area contributed by atoms with Crippen LogP contribution in [-0.2, 0) is 11.3 Å². The molecule has 7 nitrogen and oxygen atoms in total. The fourth-order valence-electron chi connectivity index (χ4n) is 2.63. The number of nitrogens with one attached hydrogen (secondary N) is 1. The first-order valence-electron chi connectivity index (χ1n) is 7.43. The molecule has 0 aliphatic carbocycles. The Hall–Kier alpha value is -1.99. The zero-order valence-electron chi connectivity index (χ0n) is 13.2. The summed E-state index contributed by atoms with van der Waals surface area (Å²) in [6.07, 6.45) is 0. The third-order valence-corrected chi connectivity index (χ3v) is 3.71. The van der Waals surface area contributed by atoms with Crippen LogP contribution < -0.4 is 5.32 Å². The maximum Gasteiger partial charge on any atom is 0.150 e. The molecule has 7 heteroatoms. The zero-order chi connectivity index (χ0) is 15.5. The van der Waals surface area contributed by atoms with Crippen molar-refractivity contribution in [2.75, 3.05) is 32.1 Å². The molecule has 0 unspecified atom stereocenters. The maximum absolute atomic E-state index is 5.64. The van der Waals surface area contributed by atoms with Gasteiger partial charge >= 0.3 is 0 Å². The van der Waals surface area contributed by atoms with Crippen molar-refractivity contribution in [3.8, 4) is 0 Å². The molecular formula is C15H21N5O2. The largest absolute Gasteiger partial charge is 0.378 e. The van der Waals surface area contributed by atoms with Crippen LogP contribution in [0.4, 0.5) is 5.82 Å². The third-order valence-electron chi connectivity index (χ3n) is 3.71. The van der Waals surface area contributed by atoms with E-state index >= 15 is 0 Å². The van der Waals surface area contributed by atoms with Gasteiger partial charge in [-0.1, -0.05) is 5.16 Å². The maximum atomic E-state index is 5.64. The number of anilines is 1. The van der Waals surface area contributed by atoms with Crippen LogP contribution in [0.5, 0.6) is 0 Å². The van der Waals surface area contributed by atoms with Gasteiger partial charge in [0.2, 0.25) is 0 Å². The summed E-state index contributed by atoms with van der Waals surface area (Å²) in [5.41, 5.74) is 1.86. The Morgan fingerprint density at radius 3 is 2.91 bits per heavy atom. The van der Waals surface area contributed by atoms with Crippen LogP contribution in [0.1, 0.15) is 29.0 Å². The van der Waals surface area contributed by atoms with Gasteiger partial charge in [0.25, 0.3) is 0 Å². The molecule has 0 saturated carbocycles. The van der Waals surface area contributed by atoms with E-state index in [0.717, 1.165) is 35.3 Å². The minimum Gasteiger partial charge on any atom is -0.378 e. The van der Waals surface area contributed by atoms with Crippen molar-refractivity contribution >= 4 is 5.82 Å². The van der Waals surface area contributed by atoms with E-state index in [2.05, 4.69) is 25.3 Å². The van der Waals surface area contributed by atoms with Gasteiger partial charge in [0, 0.05) is 38.0 Å². The van der Waals surface area contributed by atoms with E-state index in [0.29, 0.717) is 19.8 Å². The molecule has 0 bridgehead atoms. The molecule has 22 heavy (non-hydrogen) atoms. The molecule has 0 spiro atoms. The fraction of sp³-hybridized carbons (Fsp3) is 0.533. The van der Waals surface area contributed by atoms with E-state index in [4.69, 9.17) is 9.26 Å². The van der Waals surface area contributed by atoms with Gasteiger partial charge in [-0.25, -0.2) is 9.97 Å². The molecule has 2 aromatic heterocycles. The summed E-state index contributed by atoms with van der Waals surface area (Å²) in [5.74, 6) is 2.43. The molecule has 1 aliphatic heterocycles. The summed E-state index contributed by atoms with van der Waals surface area (Å²) >= 11 is 0. The highest BCUT2D eigenvalue weighted by Gasteiger charge is 2.28. The Morgan fingerprint density at radius 1 is 1.32 bits per heavy atom. The summed E-state index contributed by atoms with van der Waals surface area (Å²) in [7, 11) is 1.86. The summed E-state index contributed by atoms with van der Waals surface area (Å²) in [5, 5.41) is 7.16. The lowest BCUT2D eigenvalue weighted by atomic mass is 10.2. The van der Waals surface area contributed by atoms with Gasteiger partial charge in [0.1, 0.15) is 17.4 Å². The summed E-state index contributed by atoms with van der Waals surface area (Å²) < 4.78 is 10.8. The van der Waals surface area contributed by atoms with E-state index in [9.17, 15) is 0 Å². The van der Waals surface area contributed by atoms with Gasteiger partial charge in [-0.3, -0.25) is 4.90 Å². The fourth-order valence-corrected chi connectivity index (χ4v) is 2.63. The van der Waals surface area contributed by atoms with E-state index in [-0.39, 0.29) is 6.04 Å². The molecule has 0 radical (unpaired) electrons. The molecule has 1 N–H and O–H groups in total. The van der Waals surface area contributed by atoms with Crippen LogP contribution in [0.2, 0.25) is 0 Å². The first-order chi connectivity index (χ1) is 10.7. The van der Waals surface area contributed by atoms with Gasteiger partial charge in [-0.2, -0.15) is 0 Å². The van der Waals surface area contributed by atoms with Crippen molar-refractivity contribution in [1.29, 1.82) is 0 Å². The van der Waals surface area contributed by atoms with Crippen molar-refractivity contribution < 1.29 is 9.26 Å². The van der Waals surface area contributed by atoms with E-state index in [1.54, 1.807) is 0 Å². The lowest BCUT2D eigenvalue weighted by Gasteiger charge is -2.34. The molecule has 0 amide bonds. The zero-order valence-corrected chi connectivity index (χ0v) is 13.2. The van der Waals surface area contributed by atoms with Gasteiger partial charge < -0.3 is 14.6 Å². The number of nitrogens with zero attached hydrogens (tertiary/aromatic N) is 4. The van der Waals surface area contributed by atoms with Crippen molar-refractivity contribution in [3.63, 3.8) is 0 Å². The number of aryl methyl sites for hydroxylation is 2. The van der Waals surface area contributed by atoms with Crippen molar-refractivity contribution in [2.45, 2.75) is 26.4 Å². The standard InChI is InChI=1S/C15H21N5O2/c1-10-6-14(16-3)18-15(17-10)13-9-21-5-4-20(13)8-12-7-11(2)22-19-12/h6-7,13H,4-5,8-9H2,1-3H3,(H,16,17,18)/t13-/m1/s1. The molecule has 1 aliphatic rings. The lowest BCUT2D eigenvalue weighted by Crippen LogP contribution is -2.40. The highest BCUT2D eigenvalue weighted by atomic mass is 16.5. The second-order valence-electron chi connectivity index (χ2n) is 5.49. The molecule has 3 heterocycles. The van der Waals surface area contributed by atoms with Gasteiger partial charge in [0.05, 0.1) is 24.9 Å². The Bertz CT molecular complexity index is 643. The highest BCUT2D eigenvalue weighted by Crippen LogP contribution is 2.24. The molecule has 3 rings (SSSR count). The number of morpholine rings is 1. The predicted molar refractivity (Wildman–Crippen MR) is 81.5 cm³/mol. The van der Waals surface area contributed by atoms with Gasteiger partial charge in [-0.15, -0.1) is 0 Å². The van der Waals surface area contributed by atoms with Crippen molar-refractivity contribution in [3.05, 3.63) is 35.1 Å². The average Bonchev–Trinajstić information content (AvgIpc) is 2.92. The van der Waals surface area contributed by atoms with Crippen molar-refractivity contribution in [1.82, 2.24) is 20.0 Å². The van der Waals surface area contributed by atoms with Crippen molar-refractivity contribution in [2.24, 2.45) is 0 Å². The molecule has 1 fully saturated rings. The highest BCUT2D eigenvalue weighted by molar-refractivity contribution is 5.35. The van der Waals surface area contributed by atoms with Gasteiger partial charge in [0.15, 0.2) is 0 Å². The predicted octanol–water partition coefficient (Wildman–Crippen LogP) is 1.70. The quantitative estimate of drug-likeness (QED) is 0.921. The van der Waals surface area contributed by atoms with Crippen LogP contribution in [0.25, 0.3) is 0 Å². The molecule has 118 valence electrons. The lowest BCUT2D eigenvalue weighted by molar-refractivity contribution is -0.0168. The minimum atomic E-state index is 0.0257. The van der Waals surface area contributed by atoms with Crippen LogP contribution in [-0.4, -0.2) is 46.8 Å². The molecule has 1 saturated heterocycles. The Kier molecular flexibility index (Phi) is 4.35. The van der Waals surface area contributed by atoms with Crippen LogP contribution >= 0.6 is 0 Å². The Balaban J connectivity index is 1.84. The Morgan fingerprint density at radius 2 is 2.18 bits per heavy atom. The first-order valence-corrected chi connectivity index (χ1v) is 7.43. The summed E-state index contributed by atoms with van der Waals surface area (Å²) in [6.45, 7) is 6.69. The first kappa shape index (κ1) is 14.9. The second-order valence-corrected chi connectivity index (χ2v) is 5.49. The molecule has 2 aromatic rings. The molecule has 0 aromatic carbocycles. The van der Waals surface area contributed by atoms with Gasteiger partial charge in [-0.05, 0) is 13.8 Å². The second kappa shape index (κ2) is 6.41. The van der Waals surface area contributed by atoms with Crippen LogP contribution in [0.15, 0.2) is 16.7 Å². The average molecular weight is 303 g/mol. The van der Waals surface area contributed by atoms with Crippen LogP contribution in [0, 0.1) is 13.8 Å². The topological polar surface area (TPSA) is 76.3 Å². The van der Waals surface area contributed by atoms with E-state index in [1.807, 2.05) is 33.0 Å². The third kappa shape index (κ3) is 3.26. The SMILES string of the molecule is CNc1cc(C)nc([C@H]2COCCN2Cc2cc(C)on2)n1. The van der Waals surface area contributed by atoms with Crippen LogP contribution in [0.3, 0.4) is 0 Å². The number of aromatic nitrogens is 3. The smallest absolute Gasteiger partial charge is 0.150 e. The summed E-state index contributed by atoms with van der Waals surface area (Å²) in [4.78, 5) is 11.5. The number of hydrogen-bond acceptors (Lipinski definition) is 7. The molecule has 1 atom stereocenters. The van der Waals surface area contributed by atoms with E-state index in [1.165, 1.54) is 0 Å². The number of hydrogen-bond donors (Lipinski definition) is 1. The Labute approximate surface area is 129 Å². The molecular weight excluding hydrogens is 282 g/mol. The minimum absolute atomic E-state index is 0.0257. The number of ether oxygens (including phenoxy) is 1. The monoisotopic (exact) mass is 303 g/mol.